The van der Waals surface area contributed by atoms with Crippen molar-refractivity contribution in [2.45, 2.75) is 33.3 Å². The number of benzene rings is 1. The van der Waals surface area contributed by atoms with Crippen molar-refractivity contribution in [3.8, 4) is 0 Å². The Balaban J connectivity index is 2.14. The van der Waals surface area contributed by atoms with Crippen LogP contribution >= 0.6 is 15.9 Å². The Morgan fingerprint density at radius 3 is 2.55 bits per heavy atom. The highest BCUT2D eigenvalue weighted by Crippen LogP contribution is 2.32. The molecule has 122 valence electrons. The summed E-state index contributed by atoms with van der Waals surface area (Å²) < 4.78 is 11.6. The van der Waals surface area contributed by atoms with Gasteiger partial charge in [-0.2, -0.15) is 0 Å². The molecule has 0 bridgehead atoms. The van der Waals surface area contributed by atoms with Gasteiger partial charge in [0.05, 0.1) is 18.9 Å². The Kier molecular flexibility index (Phi) is 5.34. The predicted molar refractivity (Wildman–Crippen MR) is 91.8 cm³/mol. The number of carbonyl (C=O) groups excluding carboxylic acids is 1. The number of hydrogen-bond acceptors (Lipinski definition) is 4. The van der Waals surface area contributed by atoms with Gasteiger partial charge in [-0.15, -0.1) is 0 Å². The molecule has 6 heteroatoms. The van der Waals surface area contributed by atoms with Crippen LogP contribution in [-0.2, 0) is 9.47 Å². The third-order valence-corrected chi connectivity index (χ3v) is 3.92. The molecule has 1 aliphatic heterocycles. The van der Waals surface area contributed by atoms with Gasteiger partial charge < -0.3 is 14.4 Å². The van der Waals surface area contributed by atoms with Gasteiger partial charge in [0, 0.05) is 23.2 Å². The molecular weight excluding hydrogens is 348 g/mol. The molecule has 0 atom stereocenters. The number of hydrogen-bond donors (Lipinski definition) is 1. The van der Waals surface area contributed by atoms with Crippen LogP contribution in [0.2, 0.25) is 0 Å². The Bertz CT molecular complexity index is 549. The van der Waals surface area contributed by atoms with Crippen LogP contribution in [-0.4, -0.2) is 38.0 Å². The maximum absolute atomic E-state index is 11.9. The van der Waals surface area contributed by atoms with Crippen molar-refractivity contribution < 1.29 is 14.3 Å². The molecule has 0 aliphatic carbocycles. The first kappa shape index (κ1) is 17.1. The highest BCUT2D eigenvalue weighted by Gasteiger charge is 2.19. The van der Waals surface area contributed by atoms with Gasteiger partial charge in [-0.25, -0.2) is 4.79 Å². The first-order valence-corrected chi connectivity index (χ1v) is 8.18. The lowest BCUT2D eigenvalue weighted by Gasteiger charge is -2.30. The zero-order chi connectivity index (χ0) is 16.3. The average Bonchev–Trinajstić information content (AvgIpc) is 2.41. The van der Waals surface area contributed by atoms with E-state index in [9.17, 15) is 4.79 Å². The number of ether oxygens (including phenoxy) is 2. The summed E-state index contributed by atoms with van der Waals surface area (Å²) in [4.78, 5) is 14.2. The fraction of sp³-hybridized carbons (Fsp3) is 0.562. The van der Waals surface area contributed by atoms with E-state index < -0.39 is 11.7 Å². The predicted octanol–water partition coefficient (Wildman–Crippen LogP) is 3.94. The van der Waals surface area contributed by atoms with E-state index in [2.05, 4.69) is 32.2 Å². The minimum absolute atomic E-state index is 0.443. The molecule has 1 aliphatic rings. The van der Waals surface area contributed by atoms with Gasteiger partial charge in [0.15, 0.2) is 0 Å². The fourth-order valence-electron chi connectivity index (χ4n) is 2.26. The van der Waals surface area contributed by atoms with Crippen LogP contribution in [0.5, 0.6) is 0 Å². The van der Waals surface area contributed by atoms with Crippen molar-refractivity contribution in [3.63, 3.8) is 0 Å². The lowest BCUT2D eigenvalue weighted by molar-refractivity contribution is 0.0636. The molecule has 1 amide bonds. The van der Waals surface area contributed by atoms with Crippen molar-refractivity contribution in [2.75, 3.05) is 36.5 Å². The number of anilines is 2. The van der Waals surface area contributed by atoms with Crippen LogP contribution in [0.4, 0.5) is 16.2 Å². The largest absolute Gasteiger partial charge is 0.444 e. The Morgan fingerprint density at radius 1 is 1.32 bits per heavy atom. The standard InChI is InChI=1S/C16H23BrN2O3/c1-11-9-14(19-5-7-21-8-6-19)12(17)10-13(11)18-15(20)22-16(2,3)4/h9-10H,5-8H2,1-4H3,(H,18,20). The van der Waals surface area contributed by atoms with E-state index in [0.717, 1.165) is 47.7 Å². The van der Waals surface area contributed by atoms with Crippen molar-refractivity contribution in [3.05, 3.63) is 22.2 Å². The second-order valence-corrected chi connectivity index (χ2v) is 7.20. The Hall–Kier alpha value is -1.27. The summed E-state index contributed by atoms with van der Waals surface area (Å²) in [5.74, 6) is 0. The van der Waals surface area contributed by atoms with E-state index >= 15 is 0 Å². The van der Waals surface area contributed by atoms with Crippen LogP contribution in [0.1, 0.15) is 26.3 Å². The van der Waals surface area contributed by atoms with Crippen LogP contribution in [0.25, 0.3) is 0 Å². The number of amides is 1. The van der Waals surface area contributed by atoms with Gasteiger partial charge in [0.1, 0.15) is 5.60 Å². The second-order valence-electron chi connectivity index (χ2n) is 6.34. The minimum atomic E-state index is -0.511. The van der Waals surface area contributed by atoms with Gasteiger partial charge in [0.25, 0.3) is 0 Å². The highest BCUT2D eigenvalue weighted by molar-refractivity contribution is 9.10. The molecule has 1 heterocycles. The zero-order valence-electron chi connectivity index (χ0n) is 13.5. The molecule has 0 radical (unpaired) electrons. The number of halogens is 1. The summed E-state index contributed by atoms with van der Waals surface area (Å²) >= 11 is 3.59. The van der Waals surface area contributed by atoms with Crippen molar-refractivity contribution in [1.82, 2.24) is 0 Å². The number of nitrogens with one attached hydrogen (secondary N) is 1. The Labute approximate surface area is 140 Å². The van der Waals surface area contributed by atoms with Gasteiger partial charge in [0.2, 0.25) is 0 Å². The number of rotatable bonds is 2. The zero-order valence-corrected chi connectivity index (χ0v) is 15.1. The maximum Gasteiger partial charge on any atom is 0.412 e. The van der Waals surface area contributed by atoms with E-state index in [1.54, 1.807) is 0 Å². The minimum Gasteiger partial charge on any atom is -0.444 e. The molecule has 0 spiro atoms. The lowest BCUT2D eigenvalue weighted by Crippen LogP contribution is -2.36. The normalized spacial score (nSPS) is 15.6. The number of carbonyl (C=O) groups is 1. The van der Waals surface area contributed by atoms with Gasteiger partial charge >= 0.3 is 6.09 Å². The van der Waals surface area contributed by atoms with Crippen molar-refractivity contribution in [2.24, 2.45) is 0 Å². The van der Waals surface area contributed by atoms with Crippen LogP contribution in [0.15, 0.2) is 16.6 Å². The van der Waals surface area contributed by atoms with Crippen molar-refractivity contribution >= 4 is 33.4 Å². The monoisotopic (exact) mass is 370 g/mol. The van der Waals surface area contributed by atoms with E-state index in [1.807, 2.05) is 33.8 Å². The number of morpholine rings is 1. The Morgan fingerprint density at radius 2 is 1.95 bits per heavy atom. The van der Waals surface area contributed by atoms with Crippen LogP contribution in [0.3, 0.4) is 0 Å². The van der Waals surface area contributed by atoms with E-state index in [-0.39, 0.29) is 0 Å². The molecule has 1 saturated heterocycles. The van der Waals surface area contributed by atoms with Crippen LogP contribution < -0.4 is 10.2 Å². The topological polar surface area (TPSA) is 50.8 Å². The molecule has 0 unspecified atom stereocenters. The first-order valence-electron chi connectivity index (χ1n) is 7.39. The molecule has 22 heavy (non-hydrogen) atoms. The second kappa shape index (κ2) is 6.87. The summed E-state index contributed by atoms with van der Waals surface area (Å²) in [7, 11) is 0. The first-order chi connectivity index (χ1) is 10.3. The van der Waals surface area contributed by atoms with Gasteiger partial charge in [-0.05, 0) is 61.3 Å². The molecule has 5 nitrogen and oxygen atoms in total. The summed E-state index contributed by atoms with van der Waals surface area (Å²) in [6.45, 7) is 10.7. The summed E-state index contributed by atoms with van der Waals surface area (Å²) in [5.41, 5.74) is 2.35. The highest BCUT2D eigenvalue weighted by atomic mass is 79.9. The molecular formula is C16H23BrN2O3. The molecule has 2 rings (SSSR count). The number of nitrogens with zero attached hydrogens (tertiary/aromatic N) is 1. The maximum atomic E-state index is 11.9. The molecule has 0 saturated carbocycles. The third-order valence-electron chi connectivity index (χ3n) is 3.28. The van der Waals surface area contributed by atoms with Crippen molar-refractivity contribution in [1.29, 1.82) is 0 Å². The van der Waals surface area contributed by atoms with E-state index in [4.69, 9.17) is 9.47 Å². The van der Waals surface area contributed by atoms with E-state index in [1.165, 1.54) is 0 Å². The third kappa shape index (κ3) is 4.61. The molecule has 1 aromatic rings. The SMILES string of the molecule is Cc1cc(N2CCOCC2)c(Br)cc1NC(=O)OC(C)(C)C. The van der Waals surface area contributed by atoms with Crippen LogP contribution in [0, 0.1) is 6.92 Å². The molecule has 0 aromatic heterocycles. The summed E-state index contributed by atoms with van der Waals surface area (Å²) in [6.07, 6.45) is -0.443. The smallest absolute Gasteiger partial charge is 0.412 e. The number of aryl methyl sites for hydroxylation is 1. The molecule has 1 aromatic carbocycles. The fourth-order valence-corrected chi connectivity index (χ4v) is 2.86. The molecule has 1 fully saturated rings. The lowest BCUT2D eigenvalue weighted by atomic mass is 10.1. The quantitative estimate of drug-likeness (QED) is 0.856. The average molecular weight is 371 g/mol. The van der Waals surface area contributed by atoms with Gasteiger partial charge in [-0.1, -0.05) is 0 Å². The van der Waals surface area contributed by atoms with E-state index in [0.29, 0.717) is 0 Å². The summed E-state index contributed by atoms with van der Waals surface area (Å²) in [5, 5.41) is 2.80. The molecule has 1 N–H and O–H groups in total. The van der Waals surface area contributed by atoms with Gasteiger partial charge in [-0.3, -0.25) is 5.32 Å². The summed E-state index contributed by atoms with van der Waals surface area (Å²) in [6, 6.07) is 3.99.